The first-order valence-corrected chi connectivity index (χ1v) is 9.72. The van der Waals surface area contributed by atoms with Crippen LogP contribution in [0.5, 0.6) is 0 Å². The zero-order valence-electron chi connectivity index (χ0n) is 13.9. The summed E-state index contributed by atoms with van der Waals surface area (Å²) < 4.78 is 2.06. The highest BCUT2D eigenvalue weighted by Crippen LogP contribution is 2.44. The van der Waals surface area contributed by atoms with Gasteiger partial charge in [0.1, 0.15) is 0 Å². The summed E-state index contributed by atoms with van der Waals surface area (Å²) >= 11 is 1.51. The second kappa shape index (κ2) is 6.63. The molecule has 4 rings (SSSR count). The van der Waals surface area contributed by atoms with Crippen LogP contribution in [-0.4, -0.2) is 27.3 Å². The summed E-state index contributed by atoms with van der Waals surface area (Å²) in [6.45, 7) is 2.09. The predicted octanol–water partition coefficient (Wildman–Crippen LogP) is 3.58. The SMILES string of the molecule is Cc1ccccc1-n1ccnc1SCC(=O)NC(C1CC1)C1CC1. The van der Waals surface area contributed by atoms with E-state index in [2.05, 4.69) is 33.9 Å². The third-order valence-electron chi connectivity index (χ3n) is 4.90. The van der Waals surface area contributed by atoms with Crippen molar-refractivity contribution in [3.63, 3.8) is 0 Å². The molecule has 1 heterocycles. The first-order valence-electron chi connectivity index (χ1n) is 8.74. The van der Waals surface area contributed by atoms with Gasteiger partial charge in [-0.2, -0.15) is 0 Å². The maximum absolute atomic E-state index is 12.4. The predicted molar refractivity (Wildman–Crippen MR) is 96.4 cm³/mol. The van der Waals surface area contributed by atoms with Crippen LogP contribution in [0.25, 0.3) is 5.69 Å². The van der Waals surface area contributed by atoms with Gasteiger partial charge in [0.25, 0.3) is 0 Å². The van der Waals surface area contributed by atoms with Crippen molar-refractivity contribution < 1.29 is 4.79 Å². The van der Waals surface area contributed by atoms with Gasteiger partial charge in [-0.3, -0.25) is 9.36 Å². The van der Waals surface area contributed by atoms with Gasteiger partial charge in [-0.05, 0) is 56.1 Å². The van der Waals surface area contributed by atoms with Crippen molar-refractivity contribution in [2.75, 3.05) is 5.75 Å². The molecule has 1 N–H and O–H groups in total. The van der Waals surface area contributed by atoms with Crippen molar-refractivity contribution in [2.45, 2.75) is 43.8 Å². The summed E-state index contributed by atoms with van der Waals surface area (Å²) in [5.74, 6) is 2.04. The minimum atomic E-state index is 0.142. The van der Waals surface area contributed by atoms with Crippen molar-refractivity contribution in [1.29, 1.82) is 0 Å². The molecular weight excluding hydrogens is 318 g/mol. The molecular formula is C19H23N3OS. The zero-order valence-corrected chi connectivity index (χ0v) is 14.8. The molecule has 0 bridgehead atoms. The van der Waals surface area contributed by atoms with Gasteiger partial charge in [-0.1, -0.05) is 30.0 Å². The molecule has 2 fully saturated rings. The van der Waals surface area contributed by atoms with Crippen LogP contribution in [0.15, 0.2) is 41.8 Å². The van der Waals surface area contributed by atoms with Crippen LogP contribution in [0.1, 0.15) is 31.2 Å². The molecule has 0 unspecified atom stereocenters. The number of thioether (sulfide) groups is 1. The van der Waals surface area contributed by atoms with E-state index in [0.717, 1.165) is 22.7 Å². The van der Waals surface area contributed by atoms with Crippen LogP contribution in [0.4, 0.5) is 0 Å². The highest BCUT2D eigenvalue weighted by molar-refractivity contribution is 7.99. The topological polar surface area (TPSA) is 46.9 Å². The van der Waals surface area contributed by atoms with Crippen molar-refractivity contribution in [2.24, 2.45) is 11.8 Å². The fraction of sp³-hybridized carbons (Fsp3) is 0.474. The molecule has 0 saturated heterocycles. The van der Waals surface area contributed by atoms with E-state index < -0.39 is 0 Å². The number of carbonyl (C=O) groups excluding carboxylic acids is 1. The number of imidazole rings is 1. The smallest absolute Gasteiger partial charge is 0.230 e. The second-order valence-electron chi connectivity index (χ2n) is 6.92. The molecule has 4 nitrogen and oxygen atoms in total. The van der Waals surface area contributed by atoms with E-state index in [-0.39, 0.29) is 5.91 Å². The fourth-order valence-corrected chi connectivity index (χ4v) is 4.08. The van der Waals surface area contributed by atoms with Crippen LogP contribution in [0.2, 0.25) is 0 Å². The lowest BCUT2D eigenvalue weighted by molar-refractivity contribution is -0.119. The van der Waals surface area contributed by atoms with Crippen molar-refractivity contribution >= 4 is 17.7 Å². The number of aromatic nitrogens is 2. The Bertz CT molecular complexity index is 722. The van der Waals surface area contributed by atoms with Crippen LogP contribution < -0.4 is 5.32 Å². The summed E-state index contributed by atoms with van der Waals surface area (Å²) in [7, 11) is 0. The Kier molecular flexibility index (Phi) is 4.35. The van der Waals surface area contributed by atoms with Gasteiger partial charge >= 0.3 is 0 Å². The molecule has 2 saturated carbocycles. The Hall–Kier alpha value is -1.75. The average Bonchev–Trinajstić information content (AvgIpc) is 3.50. The lowest BCUT2D eigenvalue weighted by Crippen LogP contribution is -2.39. The maximum atomic E-state index is 12.4. The first-order chi connectivity index (χ1) is 11.7. The number of nitrogens with zero attached hydrogens (tertiary/aromatic N) is 2. The molecule has 0 atom stereocenters. The van der Waals surface area contributed by atoms with Crippen LogP contribution in [0, 0.1) is 18.8 Å². The monoisotopic (exact) mass is 341 g/mol. The van der Waals surface area contributed by atoms with Gasteiger partial charge in [-0.15, -0.1) is 0 Å². The summed E-state index contributed by atoms with van der Waals surface area (Å²) in [6.07, 6.45) is 8.89. The Morgan fingerprint density at radius 3 is 2.67 bits per heavy atom. The van der Waals surface area contributed by atoms with E-state index in [1.165, 1.54) is 43.0 Å². The normalized spacial score (nSPS) is 17.2. The van der Waals surface area contributed by atoms with Gasteiger partial charge in [-0.25, -0.2) is 4.98 Å². The molecule has 0 spiro atoms. The lowest BCUT2D eigenvalue weighted by atomic mass is 10.1. The molecule has 24 heavy (non-hydrogen) atoms. The third kappa shape index (κ3) is 3.51. The first kappa shape index (κ1) is 15.8. The number of rotatable bonds is 7. The minimum absolute atomic E-state index is 0.142. The second-order valence-corrected chi connectivity index (χ2v) is 7.87. The standard InChI is InChI=1S/C19H23N3OS/c1-13-4-2-3-5-16(13)22-11-10-20-19(22)24-12-17(23)21-18(14-6-7-14)15-8-9-15/h2-5,10-11,14-15,18H,6-9,12H2,1H3,(H,21,23). The molecule has 1 amide bonds. The molecule has 0 radical (unpaired) electrons. The molecule has 126 valence electrons. The Morgan fingerprint density at radius 1 is 1.29 bits per heavy atom. The van der Waals surface area contributed by atoms with Gasteiger partial charge in [0.05, 0.1) is 11.4 Å². The summed E-state index contributed by atoms with van der Waals surface area (Å²) in [5, 5.41) is 4.15. The molecule has 2 aliphatic carbocycles. The van der Waals surface area contributed by atoms with E-state index in [1.807, 2.05) is 18.3 Å². The molecule has 2 aliphatic rings. The molecule has 5 heteroatoms. The van der Waals surface area contributed by atoms with Crippen molar-refractivity contribution in [3.8, 4) is 5.69 Å². The molecule has 1 aromatic carbocycles. The van der Waals surface area contributed by atoms with E-state index in [9.17, 15) is 4.79 Å². The van der Waals surface area contributed by atoms with E-state index in [1.54, 1.807) is 6.20 Å². The lowest BCUT2D eigenvalue weighted by Gasteiger charge is -2.17. The van der Waals surface area contributed by atoms with Gasteiger partial charge in [0, 0.05) is 18.4 Å². The quantitative estimate of drug-likeness (QED) is 0.783. The van der Waals surface area contributed by atoms with Crippen LogP contribution >= 0.6 is 11.8 Å². The summed E-state index contributed by atoms with van der Waals surface area (Å²) in [4.78, 5) is 16.8. The summed E-state index contributed by atoms with van der Waals surface area (Å²) in [6, 6.07) is 8.66. The number of hydrogen-bond donors (Lipinski definition) is 1. The summed E-state index contributed by atoms with van der Waals surface area (Å²) in [5.41, 5.74) is 2.32. The van der Waals surface area contributed by atoms with Crippen molar-refractivity contribution in [1.82, 2.24) is 14.9 Å². The van der Waals surface area contributed by atoms with Crippen molar-refractivity contribution in [3.05, 3.63) is 42.2 Å². The molecule has 0 aliphatic heterocycles. The van der Waals surface area contributed by atoms with E-state index >= 15 is 0 Å². The number of aryl methyl sites for hydroxylation is 1. The largest absolute Gasteiger partial charge is 0.352 e. The zero-order chi connectivity index (χ0) is 16.5. The number of nitrogens with one attached hydrogen (secondary N) is 1. The number of para-hydroxylation sites is 1. The number of benzene rings is 1. The average molecular weight is 341 g/mol. The molecule has 2 aromatic rings. The molecule has 1 aromatic heterocycles. The number of amides is 1. The van der Waals surface area contributed by atoms with Gasteiger partial charge < -0.3 is 5.32 Å². The van der Waals surface area contributed by atoms with Crippen LogP contribution in [-0.2, 0) is 4.79 Å². The number of carbonyl (C=O) groups is 1. The van der Waals surface area contributed by atoms with E-state index in [0.29, 0.717) is 11.8 Å². The number of hydrogen-bond acceptors (Lipinski definition) is 3. The Morgan fingerprint density at radius 2 is 2.00 bits per heavy atom. The Labute approximate surface area is 147 Å². The highest BCUT2D eigenvalue weighted by Gasteiger charge is 2.42. The van der Waals surface area contributed by atoms with Gasteiger partial charge in [0.2, 0.25) is 5.91 Å². The highest BCUT2D eigenvalue weighted by atomic mass is 32.2. The fourth-order valence-electron chi connectivity index (χ4n) is 3.30. The minimum Gasteiger partial charge on any atom is -0.352 e. The Balaban J connectivity index is 1.39. The third-order valence-corrected chi connectivity index (χ3v) is 5.87. The van der Waals surface area contributed by atoms with Crippen LogP contribution in [0.3, 0.4) is 0 Å². The van der Waals surface area contributed by atoms with E-state index in [4.69, 9.17) is 0 Å². The maximum Gasteiger partial charge on any atom is 0.230 e. The van der Waals surface area contributed by atoms with Gasteiger partial charge in [0.15, 0.2) is 5.16 Å².